The summed E-state index contributed by atoms with van der Waals surface area (Å²) in [5.74, 6) is 0. The smallest absolute Gasteiger partial charge is 0.263 e. The summed E-state index contributed by atoms with van der Waals surface area (Å²) in [5, 5.41) is 12.7. The molecule has 0 fully saturated rings. The summed E-state index contributed by atoms with van der Waals surface area (Å²) in [4.78, 5) is 27.9. The summed E-state index contributed by atoms with van der Waals surface area (Å²) in [5.41, 5.74) is 14.8. The number of nitrogens with zero attached hydrogens (tertiary/aromatic N) is 3. The molecule has 5 aromatic heterocycles. The fourth-order valence-electron chi connectivity index (χ4n) is 12.5. The van der Waals surface area contributed by atoms with Gasteiger partial charge in [0.1, 0.15) is 0 Å². The van der Waals surface area contributed by atoms with Crippen LogP contribution in [0.2, 0.25) is 0 Å². The van der Waals surface area contributed by atoms with E-state index in [0.29, 0.717) is 0 Å². The minimum atomic E-state index is -0.0880. The topological polar surface area (TPSA) is 47.9 Å². The Labute approximate surface area is 414 Å². The van der Waals surface area contributed by atoms with Gasteiger partial charge in [0.05, 0.1) is 33.1 Å². The molecule has 15 aromatic rings. The molecule has 0 N–H and O–H groups in total. The third-order valence-corrected chi connectivity index (χ3v) is 15.6. The highest BCUT2D eigenvalue weighted by Crippen LogP contribution is 2.52. The van der Waals surface area contributed by atoms with E-state index in [2.05, 4.69) is 182 Å². The molecule has 1 aliphatic rings. The van der Waals surface area contributed by atoms with E-state index in [4.69, 9.17) is 0 Å². The molecular formula is C67H47N3O2. The summed E-state index contributed by atoms with van der Waals surface area (Å²) in [6.45, 7) is 8.57. The second-order valence-corrected chi connectivity index (χ2v) is 19.5. The number of fused-ring (bicyclic) bond motifs is 17. The molecule has 5 heteroatoms. The van der Waals surface area contributed by atoms with Crippen LogP contribution in [0.3, 0.4) is 0 Å². The van der Waals surface area contributed by atoms with Gasteiger partial charge in [-0.2, -0.15) is 0 Å². The molecule has 0 atom stereocenters. The van der Waals surface area contributed by atoms with Gasteiger partial charge in [0, 0.05) is 70.5 Å². The van der Waals surface area contributed by atoms with Gasteiger partial charge in [-0.3, -0.25) is 18.4 Å². The van der Waals surface area contributed by atoms with Crippen LogP contribution in [0.25, 0.3) is 126 Å². The Bertz CT molecular complexity index is 4830. The molecule has 342 valence electrons. The van der Waals surface area contributed by atoms with E-state index in [0.717, 1.165) is 104 Å². The first-order chi connectivity index (χ1) is 35.4. The van der Waals surface area contributed by atoms with Gasteiger partial charge in [-0.25, -0.2) is 0 Å². The highest BCUT2D eigenvalue weighted by atomic mass is 16.1. The average Bonchev–Trinajstić information content (AvgIpc) is 4.13. The number of benzene rings is 10. The van der Waals surface area contributed by atoms with Crippen molar-refractivity contribution in [3.05, 3.63) is 244 Å². The lowest BCUT2D eigenvalue weighted by molar-refractivity contribution is 0.661. The highest BCUT2D eigenvalue weighted by Gasteiger charge is 2.37. The molecule has 0 aliphatic heterocycles. The number of aromatic nitrogens is 3. The van der Waals surface area contributed by atoms with Crippen molar-refractivity contribution in [2.75, 3.05) is 0 Å². The van der Waals surface area contributed by atoms with Gasteiger partial charge < -0.3 is 4.57 Å². The van der Waals surface area contributed by atoms with Crippen LogP contribution in [0, 0.1) is 0 Å². The van der Waals surface area contributed by atoms with Crippen molar-refractivity contribution < 1.29 is 0 Å². The van der Waals surface area contributed by atoms with Crippen LogP contribution >= 0.6 is 0 Å². The standard InChI is InChI=1S/C37H22N2O.C28H19NO.C2H6/c40-37-28-17-8-7-15-26(28)31-19-24(23-11-3-1-4-12-23)20-32-30-21-29-27-16-9-10-18-33(27)38(25-13-5-2-6-14-25)34(29)22-35(30)39(37)36(31)32;1-28(2)22-13-6-5-10-21(22)24-23(28)15-14-19-18-12-7-11-17-16-8-3-4-9-20(16)27(30)29(25(17)18)26(19)24;1-2/h1-22H;3-15H,1-2H3;1-2H3. The van der Waals surface area contributed by atoms with Gasteiger partial charge in [-0.1, -0.05) is 185 Å². The Morgan fingerprint density at radius 3 is 1.57 bits per heavy atom. The number of rotatable bonds is 2. The molecule has 0 saturated carbocycles. The van der Waals surface area contributed by atoms with Crippen molar-refractivity contribution in [1.82, 2.24) is 13.4 Å². The van der Waals surface area contributed by atoms with E-state index in [9.17, 15) is 9.59 Å². The van der Waals surface area contributed by atoms with Gasteiger partial charge >= 0.3 is 0 Å². The molecule has 16 rings (SSSR count). The van der Waals surface area contributed by atoms with E-state index in [1.165, 1.54) is 33.0 Å². The summed E-state index contributed by atoms with van der Waals surface area (Å²) in [7, 11) is 0. The Hall–Kier alpha value is -9.06. The van der Waals surface area contributed by atoms with E-state index < -0.39 is 0 Å². The zero-order valence-corrected chi connectivity index (χ0v) is 40.4. The van der Waals surface area contributed by atoms with E-state index in [1.807, 2.05) is 71.2 Å². The van der Waals surface area contributed by atoms with E-state index in [1.54, 1.807) is 0 Å². The second kappa shape index (κ2) is 15.5. The number of pyridine rings is 2. The molecule has 5 heterocycles. The minimum Gasteiger partial charge on any atom is -0.309 e. The van der Waals surface area contributed by atoms with Crippen LogP contribution in [0.1, 0.15) is 38.8 Å². The van der Waals surface area contributed by atoms with Crippen molar-refractivity contribution in [2.45, 2.75) is 33.1 Å². The lowest BCUT2D eigenvalue weighted by Gasteiger charge is -2.21. The molecule has 0 amide bonds. The van der Waals surface area contributed by atoms with Crippen molar-refractivity contribution >= 4 is 97.7 Å². The summed E-state index contributed by atoms with van der Waals surface area (Å²) in [6.07, 6.45) is 0. The monoisotopic (exact) mass is 925 g/mol. The number of hydrogen-bond donors (Lipinski definition) is 0. The van der Waals surface area contributed by atoms with E-state index in [-0.39, 0.29) is 16.5 Å². The van der Waals surface area contributed by atoms with Gasteiger partial charge in [0.2, 0.25) is 0 Å². The molecule has 0 saturated heterocycles. The van der Waals surface area contributed by atoms with Crippen molar-refractivity contribution in [1.29, 1.82) is 0 Å². The summed E-state index contributed by atoms with van der Waals surface area (Å²) >= 11 is 0. The number of para-hydroxylation sites is 3. The molecule has 0 spiro atoms. The maximum atomic E-state index is 14.1. The van der Waals surface area contributed by atoms with Crippen molar-refractivity contribution in [3.63, 3.8) is 0 Å². The third kappa shape index (κ3) is 5.59. The first-order valence-electron chi connectivity index (χ1n) is 25.0. The van der Waals surface area contributed by atoms with Crippen LogP contribution < -0.4 is 11.1 Å². The Morgan fingerprint density at radius 2 is 0.847 bits per heavy atom. The Balaban J connectivity index is 0.000000134. The SMILES string of the molecule is CC.CC1(C)c2ccccc2-c2c1ccc1c3cccc4c5ccccc5c(=O)n(c21)c43.O=c1c2ccccc2c2cc(-c3ccccc3)cc3c4cc5c6ccccc6n(-c6ccccc6)c5cc4n1c23. The zero-order valence-electron chi connectivity index (χ0n) is 40.4. The first kappa shape index (κ1) is 41.9. The molecule has 5 nitrogen and oxygen atoms in total. The largest absolute Gasteiger partial charge is 0.309 e. The fourth-order valence-corrected chi connectivity index (χ4v) is 12.5. The predicted molar refractivity (Wildman–Crippen MR) is 303 cm³/mol. The molecule has 0 bridgehead atoms. The van der Waals surface area contributed by atoms with Crippen LogP contribution in [-0.2, 0) is 5.41 Å². The first-order valence-corrected chi connectivity index (χ1v) is 25.0. The van der Waals surface area contributed by atoms with Crippen molar-refractivity contribution in [2.24, 2.45) is 0 Å². The lowest BCUT2D eigenvalue weighted by Crippen LogP contribution is -2.15. The molecule has 1 aliphatic carbocycles. The predicted octanol–water partition coefficient (Wildman–Crippen LogP) is 16.5. The van der Waals surface area contributed by atoms with Gasteiger partial charge in [-0.05, 0) is 93.2 Å². The van der Waals surface area contributed by atoms with E-state index >= 15 is 0 Å². The molecule has 72 heavy (non-hydrogen) atoms. The zero-order chi connectivity index (χ0) is 48.6. The third-order valence-electron chi connectivity index (χ3n) is 15.6. The Morgan fingerprint density at radius 1 is 0.333 bits per heavy atom. The average molecular weight is 926 g/mol. The van der Waals surface area contributed by atoms with Gasteiger partial charge in [0.15, 0.2) is 0 Å². The van der Waals surface area contributed by atoms with Crippen molar-refractivity contribution in [3.8, 4) is 27.9 Å². The Kier molecular flexibility index (Phi) is 9.00. The molecule has 0 radical (unpaired) electrons. The number of hydrogen-bond acceptors (Lipinski definition) is 2. The molecule has 0 unspecified atom stereocenters. The van der Waals surface area contributed by atoms with Crippen LogP contribution in [0.5, 0.6) is 0 Å². The summed E-state index contributed by atoms with van der Waals surface area (Å²) in [6, 6.07) is 74.1. The normalized spacial score (nSPS) is 12.9. The highest BCUT2D eigenvalue weighted by molar-refractivity contribution is 6.26. The van der Waals surface area contributed by atoms with Crippen LogP contribution in [0.15, 0.2) is 222 Å². The quantitative estimate of drug-likeness (QED) is 0.162. The molecule has 10 aromatic carbocycles. The van der Waals surface area contributed by atoms with Crippen LogP contribution in [-0.4, -0.2) is 13.4 Å². The molecular weight excluding hydrogens is 879 g/mol. The van der Waals surface area contributed by atoms with Gasteiger partial charge in [0.25, 0.3) is 11.1 Å². The maximum absolute atomic E-state index is 14.1. The van der Waals surface area contributed by atoms with Crippen LogP contribution in [0.4, 0.5) is 0 Å². The second-order valence-electron chi connectivity index (χ2n) is 19.5. The minimum absolute atomic E-state index is 0.0253. The lowest BCUT2D eigenvalue weighted by atomic mass is 9.82. The fraction of sp³-hybridized carbons (Fsp3) is 0.0746. The van der Waals surface area contributed by atoms with Gasteiger partial charge in [-0.15, -0.1) is 0 Å². The maximum Gasteiger partial charge on any atom is 0.263 e. The summed E-state index contributed by atoms with van der Waals surface area (Å²) < 4.78 is 6.25.